The van der Waals surface area contributed by atoms with E-state index in [-0.39, 0.29) is 24.4 Å². The fraction of sp³-hybridized carbons (Fsp3) is 0.419. The molecule has 0 radical (unpaired) electrons. The van der Waals surface area contributed by atoms with Gasteiger partial charge < -0.3 is 19.3 Å². The Bertz CT molecular complexity index is 1180. The van der Waals surface area contributed by atoms with Gasteiger partial charge in [0.15, 0.2) is 11.5 Å². The highest BCUT2D eigenvalue weighted by molar-refractivity contribution is 7.11. The van der Waals surface area contributed by atoms with Crippen molar-refractivity contribution in [3.63, 3.8) is 0 Å². The molecule has 0 saturated carbocycles. The zero-order chi connectivity index (χ0) is 27.5. The van der Waals surface area contributed by atoms with Crippen molar-refractivity contribution >= 4 is 23.2 Å². The van der Waals surface area contributed by atoms with Crippen LogP contribution >= 0.6 is 11.3 Å². The smallest absolute Gasteiger partial charge is 0.242 e. The Morgan fingerprint density at radius 2 is 1.63 bits per heavy atom. The molecule has 204 valence electrons. The van der Waals surface area contributed by atoms with Crippen LogP contribution in [0.5, 0.6) is 11.5 Å². The Hall–Kier alpha value is -3.32. The van der Waals surface area contributed by atoms with E-state index in [1.807, 2.05) is 60.4 Å². The number of carbonyl (C=O) groups excluding carboxylic acids is 2. The second-order valence-electron chi connectivity index (χ2n) is 9.53. The van der Waals surface area contributed by atoms with Gasteiger partial charge in [-0.15, -0.1) is 11.3 Å². The molecule has 2 amide bonds. The third-order valence-electron chi connectivity index (χ3n) is 6.83. The molecule has 6 nitrogen and oxygen atoms in total. The minimum Gasteiger partial charge on any atom is -0.493 e. The summed E-state index contributed by atoms with van der Waals surface area (Å²) in [5.41, 5.74) is 2.18. The van der Waals surface area contributed by atoms with Crippen LogP contribution in [0.1, 0.15) is 47.6 Å². The molecule has 2 aromatic carbocycles. The van der Waals surface area contributed by atoms with Crippen LogP contribution in [-0.4, -0.2) is 55.0 Å². The standard InChI is InChI=1S/C31H40N2O4S/c1-6-23(2)33(30(34)17-14-25-10-8-7-9-11-25)22-31(35)32(21-27-15-12-24(3)38-27)19-18-26-13-16-28(36-4)29(20-26)37-5/h7-13,15-16,20,23H,6,14,17-19,21-22H2,1-5H3. The lowest BCUT2D eigenvalue weighted by Crippen LogP contribution is -2.46. The predicted molar refractivity (Wildman–Crippen MR) is 154 cm³/mol. The maximum Gasteiger partial charge on any atom is 0.242 e. The van der Waals surface area contributed by atoms with Crippen LogP contribution in [-0.2, 0) is 29.0 Å². The van der Waals surface area contributed by atoms with E-state index in [2.05, 4.69) is 26.0 Å². The van der Waals surface area contributed by atoms with Gasteiger partial charge >= 0.3 is 0 Å². The quantitative estimate of drug-likeness (QED) is 0.257. The fourth-order valence-electron chi connectivity index (χ4n) is 4.35. The molecule has 0 bridgehead atoms. The summed E-state index contributed by atoms with van der Waals surface area (Å²) in [6.07, 6.45) is 2.51. The molecule has 1 heterocycles. The molecule has 0 aliphatic rings. The zero-order valence-corrected chi connectivity index (χ0v) is 24.1. The molecule has 7 heteroatoms. The first-order valence-electron chi connectivity index (χ1n) is 13.2. The topological polar surface area (TPSA) is 59.1 Å². The summed E-state index contributed by atoms with van der Waals surface area (Å²) in [6.45, 7) is 7.29. The highest BCUT2D eigenvalue weighted by atomic mass is 32.1. The predicted octanol–water partition coefficient (Wildman–Crippen LogP) is 5.90. The second-order valence-corrected chi connectivity index (χ2v) is 10.9. The maximum atomic E-state index is 13.7. The normalized spacial score (nSPS) is 11.6. The molecule has 0 spiro atoms. The maximum absolute atomic E-state index is 13.7. The van der Waals surface area contributed by atoms with Gasteiger partial charge in [-0.3, -0.25) is 9.59 Å². The second kappa shape index (κ2) is 14.6. The van der Waals surface area contributed by atoms with E-state index in [1.165, 1.54) is 4.88 Å². The molecule has 0 aliphatic heterocycles. The van der Waals surface area contributed by atoms with E-state index >= 15 is 0 Å². The number of methoxy groups -OCH3 is 2. The van der Waals surface area contributed by atoms with E-state index in [0.717, 1.165) is 22.4 Å². The highest BCUT2D eigenvalue weighted by Gasteiger charge is 2.25. The Kier molecular flexibility index (Phi) is 11.2. The van der Waals surface area contributed by atoms with E-state index in [9.17, 15) is 9.59 Å². The summed E-state index contributed by atoms with van der Waals surface area (Å²) in [5, 5.41) is 0. The van der Waals surface area contributed by atoms with Gasteiger partial charge in [-0.1, -0.05) is 43.3 Å². The van der Waals surface area contributed by atoms with Crippen LogP contribution in [0.4, 0.5) is 0 Å². The van der Waals surface area contributed by atoms with Crippen LogP contribution in [0, 0.1) is 6.92 Å². The lowest BCUT2D eigenvalue weighted by molar-refractivity contribution is -0.142. The van der Waals surface area contributed by atoms with Crippen LogP contribution in [0.15, 0.2) is 60.7 Å². The van der Waals surface area contributed by atoms with Crippen LogP contribution in [0.2, 0.25) is 0 Å². The molecule has 1 atom stereocenters. The van der Waals surface area contributed by atoms with Gasteiger partial charge in [0.2, 0.25) is 11.8 Å². The molecular weight excluding hydrogens is 496 g/mol. The minimum atomic E-state index is -0.0371. The lowest BCUT2D eigenvalue weighted by Gasteiger charge is -2.31. The number of carbonyl (C=O) groups is 2. The number of rotatable bonds is 14. The number of benzene rings is 2. The molecule has 0 N–H and O–H groups in total. The van der Waals surface area contributed by atoms with E-state index in [1.54, 1.807) is 30.5 Å². The van der Waals surface area contributed by atoms with Gasteiger partial charge in [0.25, 0.3) is 0 Å². The zero-order valence-electron chi connectivity index (χ0n) is 23.2. The van der Waals surface area contributed by atoms with E-state index < -0.39 is 0 Å². The van der Waals surface area contributed by atoms with Crippen LogP contribution < -0.4 is 9.47 Å². The van der Waals surface area contributed by atoms with Gasteiger partial charge in [-0.05, 0) is 68.5 Å². The first-order chi connectivity index (χ1) is 18.3. The summed E-state index contributed by atoms with van der Waals surface area (Å²) in [6, 6.07) is 20.0. The average Bonchev–Trinajstić information content (AvgIpc) is 3.36. The number of hydrogen-bond acceptors (Lipinski definition) is 5. The van der Waals surface area contributed by atoms with E-state index in [4.69, 9.17) is 9.47 Å². The van der Waals surface area contributed by atoms with Gasteiger partial charge in [0, 0.05) is 28.8 Å². The van der Waals surface area contributed by atoms with Crippen molar-refractivity contribution in [2.75, 3.05) is 27.3 Å². The number of ether oxygens (including phenoxy) is 2. The highest BCUT2D eigenvalue weighted by Crippen LogP contribution is 2.28. The van der Waals surface area contributed by atoms with Crippen LogP contribution in [0.25, 0.3) is 0 Å². The third-order valence-corrected chi connectivity index (χ3v) is 7.82. The first-order valence-corrected chi connectivity index (χ1v) is 14.0. The Morgan fingerprint density at radius 3 is 2.26 bits per heavy atom. The largest absolute Gasteiger partial charge is 0.493 e. The number of aryl methyl sites for hydroxylation is 2. The SMILES string of the molecule is CCC(C)N(CC(=O)N(CCc1ccc(OC)c(OC)c1)Cc1ccc(C)s1)C(=O)CCc1ccccc1. The summed E-state index contributed by atoms with van der Waals surface area (Å²) in [7, 11) is 3.24. The lowest BCUT2D eigenvalue weighted by atomic mass is 10.1. The van der Waals surface area contributed by atoms with Crippen molar-refractivity contribution < 1.29 is 19.1 Å². The summed E-state index contributed by atoms with van der Waals surface area (Å²) in [5.74, 6) is 1.33. The summed E-state index contributed by atoms with van der Waals surface area (Å²) < 4.78 is 10.8. The molecule has 0 saturated heterocycles. The molecule has 1 aromatic heterocycles. The fourth-order valence-corrected chi connectivity index (χ4v) is 5.25. The van der Waals surface area contributed by atoms with Crippen molar-refractivity contribution in [2.24, 2.45) is 0 Å². The van der Waals surface area contributed by atoms with Gasteiger partial charge in [0.1, 0.15) is 0 Å². The number of thiophene rings is 1. The summed E-state index contributed by atoms with van der Waals surface area (Å²) >= 11 is 1.70. The molecule has 1 unspecified atom stereocenters. The number of hydrogen-bond donors (Lipinski definition) is 0. The van der Waals surface area contributed by atoms with Crippen LogP contribution in [0.3, 0.4) is 0 Å². The first kappa shape index (κ1) is 29.2. The van der Waals surface area contributed by atoms with E-state index in [0.29, 0.717) is 43.9 Å². The Labute approximate surface area is 231 Å². The molecule has 0 fully saturated rings. The van der Waals surface area contributed by atoms with Crippen molar-refractivity contribution in [3.05, 3.63) is 81.5 Å². The average molecular weight is 537 g/mol. The monoisotopic (exact) mass is 536 g/mol. The Morgan fingerprint density at radius 1 is 0.895 bits per heavy atom. The van der Waals surface area contributed by atoms with Gasteiger partial charge in [-0.2, -0.15) is 0 Å². The summed E-state index contributed by atoms with van der Waals surface area (Å²) in [4.78, 5) is 33.0. The molecular formula is C31H40N2O4S. The number of nitrogens with zero attached hydrogens (tertiary/aromatic N) is 2. The van der Waals surface area contributed by atoms with Crippen molar-refractivity contribution in [1.29, 1.82) is 0 Å². The third kappa shape index (κ3) is 8.35. The van der Waals surface area contributed by atoms with Gasteiger partial charge in [-0.25, -0.2) is 0 Å². The Balaban J connectivity index is 1.74. The molecule has 3 rings (SSSR count). The van der Waals surface area contributed by atoms with Crippen molar-refractivity contribution in [2.45, 2.75) is 59.0 Å². The van der Waals surface area contributed by atoms with Crippen molar-refractivity contribution in [1.82, 2.24) is 9.80 Å². The molecule has 0 aliphatic carbocycles. The van der Waals surface area contributed by atoms with Crippen molar-refractivity contribution in [3.8, 4) is 11.5 Å². The molecule has 3 aromatic rings. The van der Waals surface area contributed by atoms with Gasteiger partial charge in [0.05, 0.1) is 27.3 Å². The number of amides is 2. The minimum absolute atomic E-state index is 0.0149. The molecule has 38 heavy (non-hydrogen) atoms.